The van der Waals surface area contributed by atoms with Crippen molar-refractivity contribution in [3.63, 3.8) is 0 Å². The minimum absolute atomic E-state index is 0.439. The van der Waals surface area contributed by atoms with Crippen LogP contribution in [-0.4, -0.2) is 23.2 Å². The number of hydrogen-bond donors (Lipinski definition) is 0. The second-order valence-corrected chi connectivity index (χ2v) is 3.26. The summed E-state index contributed by atoms with van der Waals surface area (Å²) in [6.07, 6.45) is 8.22. The van der Waals surface area contributed by atoms with Gasteiger partial charge < -0.3 is 9.14 Å². The van der Waals surface area contributed by atoms with E-state index in [2.05, 4.69) is 16.1 Å². The quantitative estimate of drug-likeness (QED) is 0.397. The number of unbranched alkanes of at least 4 members (excludes halogenated alkanes) is 5. The molecule has 0 heterocycles. The Labute approximate surface area is 84.8 Å². The Balaban J connectivity index is 3.05. The highest BCUT2D eigenvalue weighted by molar-refractivity contribution is 6.52. The van der Waals surface area contributed by atoms with Crippen LogP contribution in [0.2, 0.25) is 6.32 Å². The van der Waals surface area contributed by atoms with Crippen LogP contribution in [0.25, 0.3) is 0 Å². The van der Waals surface area contributed by atoms with Gasteiger partial charge in [0.25, 0.3) is 16.1 Å². The second kappa shape index (κ2) is 10.2. The van der Waals surface area contributed by atoms with Crippen LogP contribution in [-0.2, 0) is 9.14 Å². The van der Waals surface area contributed by atoms with Gasteiger partial charge in [0.15, 0.2) is 0 Å². The lowest BCUT2D eigenvalue weighted by Crippen LogP contribution is -2.19. The van der Waals surface area contributed by atoms with Crippen molar-refractivity contribution in [3.8, 4) is 0 Å². The lowest BCUT2D eigenvalue weighted by atomic mass is 9.80. The van der Waals surface area contributed by atoms with Gasteiger partial charge in [-0.3, -0.25) is 0 Å². The molecule has 0 aliphatic rings. The van der Waals surface area contributed by atoms with Gasteiger partial charge in [-0.15, -0.1) is 0 Å². The Bertz CT molecular complexity index is 99.4. The van der Waals surface area contributed by atoms with E-state index in [0.717, 1.165) is 12.7 Å². The van der Waals surface area contributed by atoms with E-state index in [-0.39, 0.29) is 0 Å². The molecule has 0 aromatic rings. The largest absolute Gasteiger partial charge is 0.484 e. The summed E-state index contributed by atoms with van der Waals surface area (Å²) in [7, 11) is 9.44. The first kappa shape index (κ1) is 13.1. The highest BCUT2D eigenvalue weighted by atomic mass is 16.5. The highest BCUT2D eigenvalue weighted by Gasteiger charge is 2.10. The zero-order valence-corrected chi connectivity index (χ0v) is 8.50. The molecule has 13 heavy (non-hydrogen) atoms. The van der Waals surface area contributed by atoms with Crippen molar-refractivity contribution in [1.29, 1.82) is 0 Å². The third-order valence-electron chi connectivity index (χ3n) is 2.10. The maximum atomic E-state index is 4.94. The number of rotatable bonds is 9. The molecule has 0 aliphatic heterocycles. The van der Waals surface area contributed by atoms with Crippen LogP contribution >= 0.6 is 0 Å². The molecule has 70 valence electrons. The van der Waals surface area contributed by atoms with Crippen LogP contribution < -0.4 is 0 Å². The van der Waals surface area contributed by atoms with Gasteiger partial charge in [-0.1, -0.05) is 45.4 Å². The summed E-state index contributed by atoms with van der Waals surface area (Å²) in [6, 6.07) is 0. The van der Waals surface area contributed by atoms with Gasteiger partial charge in [-0.2, -0.15) is 0 Å². The van der Waals surface area contributed by atoms with Crippen molar-refractivity contribution in [2.24, 2.45) is 0 Å². The van der Waals surface area contributed by atoms with Gasteiger partial charge in [0, 0.05) is 0 Å². The Morgan fingerprint density at radius 2 is 1.46 bits per heavy atom. The van der Waals surface area contributed by atoms with Crippen molar-refractivity contribution < 1.29 is 9.14 Å². The highest BCUT2D eigenvalue weighted by Crippen LogP contribution is 2.09. The summed E-state index contributed by atoms with van der Waals surface area (Å²) < 4.78 is 8.96. The van der Waals surface area contributed by atoms with Gasteiger partial charge in [0.05, 0.1) is 0 Å². The first-order valence-electron chi connectivity index (χ1n) is 5.06. The molecule has 0 atom stereocenters. The van der Waals surface area contributed by atoms with Gasteiger partial charge in [0.2, 0.25) is 0 Å². The monoisotopic (exact) mass is 178 g/mol. The molecule has 4 radical (unpaired) electrons. The molecular formula is C8H17B3O2. The molecule has 2 nitrogen and oxygen atoms in total. The fourth-order valence-corrected chi connectivity index (χ4v) is 1.26. The predicted octanol–water partition coefficient (Wildman–Crippen LogP) is 2.04. The fraction of sp³-hybridized carbons (Fsp3) is 1.00. The van der Waals surface area contributed by atoms with E-state index >= 15 is 0 Å². The first-order chi connectivity index (χ1) is 6.35. The van der Waals surface area contributed by atoms with Gasteiger partial charge in [-0.05, 0) is 6.32 Å². The van der Waals surface area contributed by atoms with Crippen LogP contribution in [0.3, 0.4) is 0 Å². The van der Waals surface area contributed by atoms with Crippen LogP contribution in [0, 0.1) is 0 Å². The molecule has 0 saturated heterocycles. The summed E-state index contributed by atoms with van der Waals surface area (Å²) in [5.74, 6) is 0. The normalized spacial score (nSPS) is 10.2. The SMILES string of the molecule is [B]OB(CCCCCCCC)O[B]. The molecule has 0 N–H and O–H groups in total. The van der Waals surface area contributed by atoms with E-state index in [4.69, 9.17) is 16.1 Å². The van der Waals surface area contributed by atoms with Crippen LogP contribution in [0.15, 0.2) is 0 Å². The van der Waals surface area contributed by atoms with E-state index in [9.17, 15) is 0 Å². The molecule has 0 aromatic heterocycles. The number of hydrogen-bond acceptors (Lipinski definition) is 2. The maximum absolute atomic E-state index is 4.94. The van der Waals surface area contributed by atoms with Gasteiger partial charge in [0.1, 0.15) is 0 Å². The van der Waals surface area contributed by atoms with Crippen molar-refractivity contribution in [2.45, 2.75) is 51.8 Å². The smallest absolute Gasteiger partial charge is 0.424 e. The Morgan fingerprint density at radius 1 is 0.923 bits per heavy atom. The molecule has 0 rings (SSSR count). The summed E-state index contributed by atoms with van der Waals surface area (Å²) >= 11 is 0. The standard InChI is InChI=1S/C8H17B3O2/c1-2-3-4-5-6-7-8-11(12-9)13-10/h2-8H2,1H3. The van der Waals surface area contributed by atoms with Crippen LogP contribution in [0.1, 0.15) is 45.4 Å². The summed E-state index contributed by atoms with van der Waals surface area (Å²) in [5.41, 5.74) is 0. The molecule has 0 fully saturated rings. The zero-order valence-electron chi connectivity index (χ0n) is 8.50. The van der Waals surface area contributed by atoms with Crippen molar-refractivity contribution in [3.05, 3.63) is 0 Å². The first-order valence-corrected chi connectivity index (χ1v) is 5.06. The van der Waals surface area contributed by atoms with E-state index in [0.29, 0.717) is 0 Å². The lowest BCUT2D eigenvalue weighted by Gasteiger charge is -2.08. The molecule has 0 aromatic carbocycles. The Morgan fingerprint density at radius 3 is 2.00 bits per heavy atom. The predicted molar refractivity (Wildman–Crippen MR) is 57.6 cm³/mol. The third kappa shape index (κ3) is 8.44. The van der Waals surface area contributed by atoms with E-state index in [1.54, 1.807) is 0 Å². The molecule has 0 saturated carbocycles. The molecular weight excluding hydrogens is 161 g/mol. The molecule has 0 spiro atoms. The lowest BCUT2D eigenvalue weighted by molar-refractivity contribution is 0.462. The molecule has 0 aliphatic carbocycles. The maximum Gasteiger partial charge on any atom is 0.424 e. The average Bonchev–Trinajstić information content (AvgIpc) is 2.17. The van der Waals surface area contributed by atoms with E-state index < -0.39 is 7.12 Å². The minimum Gasteiger partial charge on any atom is -0.484 e. The summed E-state index contributed by atoms with van der Waals surface area (Å²) in [4.78, 5) is 0. The second-order valence-electron chi connectivity index (χ2n) is 3.26. The molecule has 5 heteroatoms. The fourth-order valence-electron chi connectivity index (χ4n) is 1.26. The zero-order chi connectivity index (χ0) is 9.94. The van der Waals surface area contributed by atoms with Crippen molar-refractivity contribution in [1.82, 2.24) is 0 Å². The van der Waals surface area contributed by atoms with E-state index in [1.165, 1.54) is 32.1 Å². The minimum atomic E-state index is -0.439. The molecule has 0 unspecified atom stereocenters. The molecule has 0 bridgehead atoms. The summed E-state index contributed by atoms with van der Waals surface area (Å²) in [5, 5.41) is 0. The van der Waals surface area contributed by atoms with E-state index in [1.807, 2.05) is 0 Å². The Kier molecular flexibility index (Phi) is 10.3. The topological polar surface area (TPSA) is 18.5 Å². The van der Waals surface area contributed by atoms with Gasteiger partial charge in [-0.25, -0.2) is 0 Å². The summed E-state index contributed by atoms with van der Waals surface area (Å²) in [6.45, 7) is 2.21. The Hall–Kier alpha value is 0.115. The average molecular weight is 178 g/mol. The van der Waals surface area contributed by atoms with Crippen LogP contribution in [0.5, 0.6) is 0 Å². The third-order valence-corrected chi connectivity index (χ3v) is 2.10. The van der Waals surface area contributed by atoms with Crippen molar-refractivity contribution >= 4 is 23.2 Å². The van der Waals surface area contributed by atoms with Crippen LogP contribution in [0.4, 0.5) is 0 Å². The van der Waals surface area contributed by atoms with Gasteiger partial charge >= 0.3 is 7.12 Å². The van der Waals surface area contributed by atoms with Crippen molar-refractivity contribution in [2.75, 3.05) is 0 Å². The molecule has 0 amide bonds.